The van der Waals surface area contributed by atoms with Gasteiger partial charge in [-0.2, -0.15) is 0 Å². The van der Waals surface area contributed by atoms with E-state index >= 15 is 0 Å². The van der Waals surface area contributed by atoms with Crippen LogP contribution in [0.5, 0.6) is 0 Å². The van der Waals surface area contributed by atoms with Crippen LogP contribution in [0.15, 0.2) is 11.4 Å². The summed E-state index contributed by atoms with van der Waals surface area (Å²) in [5.41, 5.74) is 1.69. The lowest BCUT2D eigenvalue weighted by molar-refractivity contribution is 0.323. The Hall–Kier alpha value is -0.340. The van der Waals surface area contributed by atoms with E-state index in [0.29, 0.717) is 0 Å². The van der Waals surface area contributed by atoms with Crippen molar-refractivity contribution in [1.82, 2.24) is 5.32 Å². The van der Waals surface area contributed by atoms with Crippen LogP contribution in [0.4, 0.5) is 0 Å². The lowest BCUT2D eigenvalue weighted by Gasteiger charge is -2.33. The van der Waals surface area contributed by atoms with E-state index in [4.69, 9.17) is 0 Å². The van der Waals surface area contributed by atoms with Gasteiger partial charge >= 0.3 is 0 Å². The molecule has 0 amide bonds. The van der Waals surface area contributed by atoms with Crippen LogP contribution in [0.3, 0.4) is 0 Å². The van der Waals surface area contributed by atoms with E-state index in [1.54, 1.807) is 10.4 Å². The molecule has 1 aromatic heterocycles. The molecule has 112 valence electrons. The summed E-state index contributed by atoms with van der Waals surface area (Å²) >= 11 is 1.99. The van der Waals surface area contributed by atoms with Gasteiger partial charge < -0.3 is 5.32 Å². The van der Waals surface area contributed by atoms with Gasteiger partial charge in [0.15, 0.2) is 0 Å². The fraction of sp³-hybridized carbons (Fsp3) is 0.778. The van der Waals surface area contributed by atoms with Crippen molar-refractivity contribution in [3.8, 4) is 0 Å². The number of aryl methyl sites for hydroxylation is 1. The van der Waals surface area contributed by atoms with Crippen molar-refractivity contribution >= 4 is 11.3 Å². The third kappa shape index (κ3) is 3.28. The molecule has 2 unspecified atom stereocenters. The molecule has 1 fully saturated rings. The van der Waals surface area contributed by atoms with Gasteiger partial charge in [-0.05, 0) is 61.6 Å². The zero-order valence-electron chi connectivity index (χ0n) is 12.9. The third-order valence-corrected chi connectivity index (χ3v) is 6.30. The fourth-order valence-electron chi connectivity index (χ4n) is 4.26. The first-order valence-electron chi connectivity index (χ1n) is 8.68. The second kappa shape index (κ2) is 7.09. The van der Waals surface area contributed by atoms with Gasteiger partial charge in [-0.3, -0.25) is 0 Å². The Morgan fingerprint density at radius 1 is 1.25 bits per heavy atom. The highest BCUT2D eigenvalue weighted by Gasteiger charge is 2.30. The molecule has 2 aliphatic rings. The molecule has 1 heterocycles. The molecule has 2 heteroatoms. The van der Waals surface area contributed by atoms with Gasteiger partial charge in [0.2, 0.25) is 0 Å². The molecule has 3 rings (SSSR count). The average molecular weight is 292 g/mol. The molecular formula is C18H29NS. The zero-order chi connectivity index (χ0) is 13.8. The highest BCUT2D eigenvalue weighted by atomic mass is 32.1. The summed E-state index contributed by atoms with van der Waals surface area (Å²) in [6.07, 6.45) is 12.7. The van der Waals surface area contributed by atoms with Crippen LogP contribution < -0.4 is 5.32 Å². The molecule has 0 radical (unpaired) electrons. The van der Waals surface area contributed by atoms with Crippen LogP contribution in [-0.4, -0.2) is 12.6 Å². The summed E-state index contributed by atoms with van der Waals surface area (Å²) in [5, 5.41) is 6.22. The van der Waals surface area contributed by atoms with E-state index in [9.17, 15) is 0 Å². The fourth-order valence-corrected chi connectivity index (χ4v) is 5.26. The summed E-state index contributed by atoms with van der Waals surface area (Å²) < 4.78 is 0. The quantitative estimate of drug-likeness (QED) is 0.767. The summed E-state index contributed by atoms with van der Waals surface area (Å²) in [4.78, 5) is 1.68. The van der Waals surface area contributed by atoms with Crippen LogP contribution in [-0.2, 0) is 6.42 Å². The first-order valence-corrected chi connectivity index (χ1v) is 9.56. The number of fused-ring (bicyclic) bond motifs is 1. The summed E-state index contributed by atoms with van der Waals surface area (Å²) in [7, 11) is 0. The van der Waals surface area contributed by atoms with E-state index in [0.717, 1.165) is 17.9 Å². The SMILES string of the molecule is CCCNC(CC1CCCC1)C1CCCc2sccc21. The third-order valence-electron chi connectivity index (χ3n) is 5.30. The molecule has 0 spiro atoms. The van der Waals surface area contributed by atoms with Gasteiger partial charge in [0.25, 0.3) is 0 Å². The van der Waals surface area contributed by atoms with E-state index in [1.165, 1.54) is 64.3 Å². The maximum Gasteiger partial charge on any atom is 0.0139 e. The predicted octanol–water partition coefficient (Wildman–Crippen LogP) is 5.12. The van der Waals surface area contributed by atoms with Crippen molar-refractivity contribution in [2.45, 2.75) is 76.7 Å². The van der Waals surface area contributed by atoms with Crippen LogP contribution >= 0.6 is 11.3 Å². The van der Waals surface area contributed by atoms with Crippen molar-refractivity contribution in [3.63, 3.8) is 0 Å². The lowest BCUT2D eigenvalue weighted by atomic mass is 9.79. The monoisotopic (exact) mass is 291 g/mol. The Balaban J connectivity index is 1.71. The lowest BCUT2D eigenvalue weighted by Crippen LogP contribution is -2.38. The van der Waals surface area contributed by atoms with Crippen molar-refractivity contribution < 1.29 is 0 Å². The van der Waals surface area contributed by atoms with Crippen LogP contribution in [0.2, 0.25) is 0 Å². The normalized spacial score (nSPS) is 24.8. The minimum absolute atomic E-state index is 0.728. The standard InChI is InChI=1S/C18H29NS/c1-2-11-19-17(13-14-6-3-4-7-14)15-8-5-9-18-16(15)10-12-20-18/h10,12,14-15,17,19H,2-9,11,13H2,1H3. The van der Waals surface area contributed by atoms with Gasteiger partial charge in [0, 0.05) is 16.8 Å². The molecule has 0 aromatic carbocycles. The van der Waals surface area contributed by atoms with Crippen molar-refractivity contribution in [3.05, 3.63) is 21.9 Å². The molecule has 1 aromatic rings. The molecule has 1 N–H and O–H groups in total. The molecule has 0 bridgehead atoms. The second-order valence-electron chi connectivity index (χ2n) is 6.74. The minimum Gasteiger partial charge on any atom is -0.313 e. The smallest absolute Gasteiger partial charge is 0.0139 e. The molecule has 20 heavy (non-hydrogen) atoms. The molecule has 0 aliphatic heterocycles. The highest BCUT2D eigenvalue weighted by Crippen LogP contribution is 2.40. The van der Waals surface area contributed by atoms with Crippen LogP contribution in [0.25, 0.3) is 0 Å². The van der Waals surface area contributed by atoms with Crippen molar-refractivity contribution in [2.75, 3.05) is 6.54 Å². The Morgan fingerprint density at radius 3 is 2.90 bits per heavy atom. The summed E-state index contributed by atoms with van der Waals surface area (Å²) in [6, 6.07) is 3.14. The number of nitrogens with one attached hydrogen (secondary N) is 1. The maximum absolute atomic E-state index is 3.90. The Morgan fingerprint density at radius 2 is 2.10 bits per heavy atom. The van der Waals surface area contributed by atoms with Gasteiger partial charge in [-0.15, -0.1) is 11.3 Å². The molecule has 1 nitrogen and oxygen atoms in total. The molecular weight excluding hydrogens is 262 g/mol. The number of hydrogen-bond donors (Lipinski definition) is 1. The number of thiophene rings is 1. The van der Waals surface area contributed by atoms with E-state index in [1.807, 2.05) is 11.3 Å². The minimum atomic E-state index is 0.728. The number of rotatable bonds is 6. The molecule has 0 saturated heterocycles. The Labute approximate surface area is 128 Å². The summed E-state index contributed by atoms with van der Waals surface area (Å²) in [6.45, 7) is 3.48. The topological polar surface area (TPSA) is 12.0 Å². The predicted molar refractivity (Wildman–Crippen MR) is 88.7 cm³/mol. The van der Waals surface area contributed by atoms with Crippen LogP contribution in [0, 0.1) is 5.92 Å². The Kier molecular flexibility index (Phi) is 5.17. The van der Waals surface area contributed by atoms with Crippen LogP contribution in [0.1, 0.15) is 74.6 Å². The molecule has 2 aliphatic carbocycles. The van der Waals surface area contributed by atoms with Crippen molar-refractivity contribution in [1.29, 1.82) is 0 Å². The summed E-state index contributed by atoms with van der Waals surface area (Å²) in [5.74, 6) is 1.78. The largest absolute Gasteiger partial charge is 0.313 e. The molecule has 1 saturated carbocycles. The van der Waals surface area contributed by atoms with Gasteiger partial charge in [0.05, 0.1) is 0 Å². The van der Waals surface area contributed by atoms with E-state index in [2.05, 4.69) is 23.7 Å². The maximum atomic E-state index is 3.90. The first-order chi connectivity index (χ1) is 9.88. The van der Waals surface area contributed by atoms with E-state index in [-0.39, 0.29) is 0 Å². The van der Waals surface area contributed by atoms with Gasteiger partial charge in [-0.1, -0.05) is 32.6 Å². The van der Waals surface area contributed by atoms with E-state index < -0.39 is 0 Å². The average Bonchev–Trinajstić information content (AvgIpc) is 3.13. The highest BCUT2D eigenvalue weighted by molar-refractivity contribution is 7.10. The Bertz CT molecular complexity index is 405. The first kappa shape index (κ1) is 14.6. The number of hydrogen-bond acceptors (Lipinski definition) is 2. The van der Waals surface area contributed by atoms with Gasteiger partial charge in [-0.25, -0.2) is 0 Å². The molecule has 2 atom stereocenters. The van der Waals surface area contributed by atoms with Crippen molar-refractivity contribution in [2.24, 2.45) is 5.92 Å². The zero-order valence-corrected chi connectivity index (χ0v) is 13.7. The second-order valence-corrected chi connectivity index (χ2v) is 7.75. The van der Waals surface area contributed by atoms with Gasteiger partial charge in [0.1, 0.15) is 0 Å².